The summed E-state index contributed by atoms with van der Waals surface area (Å²) in [5.41, 5.74) is 3.90. The molecule has 2 aliphatic rings. The molecule has 2 aliphatic heterocycles. The van der Waals surface area contributed by atoms with Crippen LogP contribution in [0.4, 0.5) is 0 Å². The summed E-state index contributed by atoms with van der Waals surface area (Å²) in [6, 6.07) is 9.85. The van der Waals surface area contributed by atoms with E-state index in [1.54, 1.807) is 6.08 Å². The minimum Gasteiger partial charge on any atom is -0.379 e. The summed E-state index contributed by atoms with van der Waals surface area (Å²) in [7, 11) is 0. The van der Waals surface area contributed by atoms with Crippen LogP contribution in [0.15, 0.2) is 47.4 Å². The number of allylic oxidation sites excluding steroid dienone is 2. The van der Waals surface area contributed by atoms with Crippen molar-refractivity contribution in [1.82, 2.24) is 15.3 Å². The first-order valence-corrected chi connectivity index (χ1v) is 9.95. The van der Waals surface area contributed by atoms with Crippen molar-refractivity contribution < 1.29 is 14.3 Å². The minimum atomic E-state index is -0.151. The quantitative estimate of drug-likeness (QED) is 0.580. The number of hydrazine groups is 1. The van der Waals surface area contributed by atoms with Gasteiger partial charge in [-0.25, -0.2) is 5.01 Å². The maximum atomic E-state index is 12.5. The third kappa shape index (κ3) is 5.74. The molecule has 0 saturated carbocycles. The third-order valence-electron chi connectivity index (χ3n) is 4.07. The van der Waals surface area contributed by atoms with Crippen LogP contribution in [0.25, 0.3) is 6.08 Å². The molecule has 0 spiro atoms. The molecule has 0 bridgehead atoms. The first kappa shape index (κ1) is 19.8. The first-order chi connectivity index (χ1) is 13.1. The van der Waals surface area contributed by atoms with Gasteiger partial charge in [0.2, 0.25) is 5.91 Å². The van der Waals surface area contributed by atoms with Crippen molar-refractivity contribution in [3.8, 4) is 0 Å². The fourth-order valence-corrected chi connectivity index (χ4v) is 3.90. The summed E-state index contributed by atoms with van der Waals surface area (Å²) in [5.74, 6) is -0.277. The molecular formula is C19H21N3O3S2. The second kappa shape index (κ2) is 9.80. The van der Waals surface area contributed by atoms with E-state index >= 15 is 0 Å². The zero-order chi connectivity index (χ0) is 19.1. The molecule has 27 heavy (non-hydrogen) atoms. The minimum absolute atomic E-state index is 0.126. The van der Waals surface area contributed by atoms with Gasteiger partial charge in [-0.1, -0.05) is 66.5 Å². The van der Waals surface area contributed by atoms with E-state index in [0.29, 0.717) is 35.5 Å². The summed E-state index contributed by atoms with van der Waals surface area (Å²) >= 11 is 6.56. The topological polar surface area (TPSA) is 61.9 Å². The van der Waals surface area contributed by atoms with Gasteiger partial charge in [0, 0.05) is 26.1 Å². The van der Waals surface area contributed by atoms with E-state index in [1.807, 2.05) is 47.5 Å². The standard InChI is InChI=1S/C19H21N3O3S2/c23-17(20-21-11-13-25-14-12-21)9-10-22-18(24)16(27-19(22)26)8-4-7-15-5-2-1-3-6-15/h1-8H,9-14H2,(H,20,23). The number of ether oxygens (including phenoxy) is 1. The lowest BCUT2D eigenvalue weighted by atomic mass is 10.2. The van der Waals surface area contributed by atoms with E-state index < -0.39 is 0 Å². The molecule has 0 unspecified atom stereocenters. The van der Waals surface area contributed by atoms with Gasteiger partial charge in [0.1, 0.15) is 4.32 Å². The molecule has 2 heterocycles. The number of nitrogens with zero attached hydrogens (tertiary/aromatic N) is 2. The Balaban J connectivity index is 1.50. The van der Waals surface area contributed by atoms with Gasteiger partial charge in [-0.15, -0.1) is 0 Å². The van der Waals surface area contributed by atoms with Crippen LogP contribution in [0, 0.1) is 0 Å². The van der Waals surface area contributed by atoms with Crippen molar-refractivity contribution in [2.24, 2.45) is 0 Å². The van der Waals surface area contributed by atoms with Gasteiger partial charge in [-0.05, 0) is 11.6 Å². The van der Waals surface area contributed by atoms with Crippen molar-refractivity contribution in [2.45, 2.75) is 6.42 Å². The molecule has 1 aromatic carbocycles. The summed E-state index contributed by atoms with van der Waals surface area (Å²) in [5, 5.41) is 1.84. The van der Waals surface area contributed by atoms with Crippen molar-refractivity contribution in [3.05, 3.63) is 53.0 Å². The number of rotatable bonds is 6. The smallest absolute Gasteiger partial charge is 0.266 e. The number of morpholine rings is 1. The number of hydrogen-bond acceptors (Lipinski definition) is 6. The van der Waals surface area contributed by atoms with Crippen LogP contribution < -0.4 is 5.43 Å². The van der Waals surface area contributed by atoms with E-state index in [-0.39, 0.29) is 24.8 Å². The number of carbonyl (C=O) groups excluding carboxylic acids is 2. The molecule has 0 atom stereocenters. The molecule has 1 aromatic rings. The molecular weight excluding hydrogens is 382 g/mol. The largest absolute Gasteiger partial charge is 0.379 e. The highest BCUT2D eigenvalue weighted by Crippen LogP contribution is 2.31. The lowest BCUT2D eigenvalue weighted by Gasteiger charge is -2.27. The van der Waals surface area contributed by atoms with E-state index in [2.05, 4.69) is 5.43 Å². The van der Waals surface area contributed by atoms with Gasteiger partial charge in [0.25, 0.3) is 5.91 Å². The maximum absolute atomic E-state index is 12.5. The van der Waals surface area contributed by atoms with Crippen LogP contribution in [0.2, 0.25) is 0 Å². The molecule has 3 rings (SSSR count). The fourth-order valence-electron chi connectivity index (χ4n) is 2.64. The average Bonchev–Trinajstić information content (AvgIpc) is 2.95. The SMILES string of the molecule is O=C(CCN1C(=O)C(=CC=Cc2ccccc2)SC1=S)NN1CCOCC1. The molecule has 6 nitrogen and oxygen atoms in total. The van der Waals surface area contributed by atoms with E-state index in [4.69, 9.17) is 17.0 Å². The molecule has 0 aliphatic carbocycles. The molecule has 0 aromatic heterocycles. The molecule has 1 N–H and O–H groups in total. The van der Waals surface area contributed by atoms with Gasteiger partial charge in [-0.3, -0.25) is 19.9 Å². The van der Waals surface area contributed by atoms with E-state index in [9.17, 15) is 9.59 Å². The monoisotopic (exact) mass is 403 g/mol. The molecule has 2 saturated heterocycles. The fraction of sp³-hybridized carbons (Fsp3) is 0.316. The Morgan fingerprint density at radius 1 is 1.26 bits per heavy atom. The second-order valence-corrected chi connectivity index (χ2v) is 7.69. The third-order valence-corrected chi connectivity index (χ3v) is 5.46. The molecule has 0 radical (unpaired) electrons. The Bertz CT molecular complexity index is 759. The van der Waals surface area contributed by atoms with Gasteiger partial charge in [0.05, 0.1) is 18.1 Å². The van der Waals surface area contributed by atoms with Gasteiger partial charge in [-0.2, -0.15) is 0 Å². The molecule has 8 heteroatoms. The Hall–Kier alpha value is -2.00. The molecule has 2 amide bonds. The molecule has 2 fully saturated rings. The highest BCUT2D eigenvalue weighted by molar-refractivity contribution is 8.26. The second-order valence-electron chi connectivity index (χ2n) is 6.01. The van der Waals surface area contributed by atoms with Crippen LogP contribution in [-0.4, -0.2) is 58.9 Å². The summed E-state index contributed by atoms with van der Waals surface area (Å²) in [6.45, 7) is 2.83. The number of nitrogens with one attached hydrogen (secondary N) is 1. The Labute approximate surface area is 168 Å². The predicted molar refractivity (Wildman–Crippen MR) is 111 cm³/mol. The average molecular weight is 404 g/mol. The summed E-state index contributed by atoms with van der Waals surface area (Å²) in [4.78, 5) is 26.7. The Morgan fingerprint density at radius 2 is 2.00 bits per heavy atom. The zero-order valence-corrected chi connectivity index (χ0v) is 16.4. The number of hydrogen-bond donors (Lipinski definition) is 1. The lowest BCUT2D eigenvalue weighted by Crippen LogP contribution is -2.49. The van der Waals surface area contributed by atoms with Crippen molar-refractivity contribution in [3.63, 3.8) is 0 Å². The normalized spacial score (nSPS) is 20.0. The van der Waals surface area contributed by atoms with Crippen LogP contribution in [0.5, 0.6) is 0 Å². The number of benzene rings is 1. The highest BCUT2D eigenvalue weighted by Gasteiger charge is 2.31. The highest BCUT2D eigenvalue weighted by atomic mass is 32.2. The zero-order valence-electron chi connectivity index (χ0n) is 14.8. The van der Waals surface area contributed by atoms with E-state index in [0.717, 1.165) is 5.56 Å². The Kier molecular flexibility index (Phi) is 7.17. The summed E-state index contributed by atoms with van der Waals surface area (Å²) < 4.78 is 5.73. The van der Waals surface area contributed by atoms with Gasteiger partial charge >= 0.3 is 0 Å². The summed E-state index contributed by atoms with van der Waals surface area (Å²) in [6.07, 6.45) is 5.74. The molecule has 142 valence electrons. The number of carbonyl (C=O) groups is 2. The van der Waals surface area contributed by atoms with Crippen molar-refractivity contribution >= 4 is 46.2 Å². The van der Waals surface area contributed by atoms with Gasteiger partial charge < -0.3 is 4.74 Å². The lowest BCUT2D eigenvalue weighted by molar-refractivity contribution is -0.128. The first-order valence-electron chi connectivity index (χ1n) is 8.73. The van der Waals surface area contributed by atoms with Crippen LogP contribution in [-0.2, 0) is 14.3 Å². The maximum Gasteiger partial charge on any atom is 0.266 e. The van der Waals surface area contributed by atoms with Crippen LogP contribution in [0.3, 0.4) is 0 Å². The van der Waals surface area contributed by atoms with E-state index in [1.165, 1.54) is 16.7 Å². The van der Waals surface area contributed by atoms with Crippen molar-refractivity contribution in [1.29, 1.82) is 0 Å². The number of amides is 2. The Morgan fingerprint density at radius 3 is 2.74 bits per heavy atom. The van der Waals surface area contributed by atoms with Gasteiger partial charge in [0.15, 0.2) is 0 Å². The predicted octanol–water partition coefficient (Wildman–Crippen LogP) is 2.20. The van der Waals surface area contributed by atoms with Crippen LogP contribution >= 0.6 is 24.0 Å². The van der Waals surface area contributed by atoms with Crippen LogP contribution in [0.1, 0.15) is 12.0 Å². The number of thiocarbonyl (C=S) groups is 1. The van der Waals surface area contributed by atoms with Crippen molar-refractivity contribution in [2.75, 3.05) is 32.8 Å². The number of thioether (sulfide) groups is 1.